The third-order valence-electron chi connectivity index (χ3n) is 6.47. The van der Waals surface area contributed by atoms with Crippen LogP contribution in [0, 0.1) is 0 Å². The van der Waals surface area contributed by atoms with Crippen LogP contribution in [0.25, 0.3) is 21.6 Å². The van der Waals surface area contributed by atoms with Crippen LogP contribution in [0.2, 0.25) is 0 Å². The van der Waals surface area contributed by atoms with Gasteiger partial charge in [0, 0.05) is 16.5 Å². The molecular formula is C23H27N3O3S. The highest BCUT2D eigenvalue weighted by molar-refractivity contribution is 7.18. The average Bonchev–Trinajstić information content (AvgIpc) is 3.35. The Kier molecular flexibility index (Phi) is 5.03. The predicted octanol–water partition coefficient (Wildman–Crippen LogP) is 3.90. The Morgan fingerprint density at radius 2 is 1.87 bits per heavy atom. The zero-order valence-electron chi connectivity index (χ0n) is 17.7. The molecule has 3 heterocycles. The number of hydrogen-bond acceptors (Lipinski definition) is 6. The van der Waals surface area contributed by atoms with Crippen LogP contribution in [0.3, 0.4) is 0 Å². The van der Waals surface area contributed by atoms with E-state index in [0.29, 0.717) is 11.5 Å². The first-order valence-electron chi connectivity index (χ1n) is 10.6. The lowest BCUT2D eigenvalue weighted by Gasteiger charge is -2.31. The molecular weight excluding hydrogens is 398 g/mol. The third-order valence-corrected chi connectivity index (χ3v) is 7.65. The zero-order chi connectivity index (χ0) is 20.8. The van der Waals surface area contributed by atoms with Crippen LogP contribution in [-0.2, 0) is 12.8 Å². The lowest BCUT2D eigenvalue weighted by molar-refractivity contribution is 0.219. The number of methoxy groups -OCH3 is 2. The van der Waals surface area contributed by atoms with E-state index in [1.807, 2.05) is 22.8 Å². The van der Waals surface area contributed by atoms with Crippen molar-refractivity contribution in [3.63, 3.8) is 0 Å². The lowest BCUT2D eigenvalue weighted by Crippen LogP contribution is -2.36. The normalized spacial score (nSPS) is 17.4. The van der Waals surface area contributed by atoms with Crippen molar-refractivity contribution in [3.05, 3.63) is 39.0 Å². The molecule has 0 bridgehead atoms. The molecule has 0 radical (unpaired) electrons. The van der Waals surface area contributed by atoms with Gasteiger partial charge >= 0.3 is 0 Å². The van der Waals surface area contributed by atoms with E-state index in [9.17, 15) is 4.79 Å². The topological polar surface area (TPSA) is 56.6 Å². The van der Waals surface area contributed by atoms with Crippen LogP contribution < -0.4 is 15.0 Å². The Hall–Kier alpha value is -2.38. The first-order chi connectivity index (χ1) is 14.6. The van der Waals surface area contributed by atoms with Crippen LogP contribution in [0.1, 0.15) is 35.7 Å². The molecule has 1 aromatic carbocycles. The largest absolute Gasteiger partial charge is 0.493 e. The molecule has 5 rings (SSSR count). The van der Waals surface area contributed by atoms with Crippen molar-refractivity contribution >= 4 is 21.6 Å². The summed E-state index contributed by atoms with van der Waals surface area (Å²) in [6.45, 7) is 1.98. The summed E-state index contributed by atoms with van der Waals surface area (Å²) in [5.74, 6) is 2.06. The summed E-state index contributed by atoms with van der Waals surface area (Å²) in [6.07, 6.45) is 5.11. The maximum atomic E-state index is 13.9. The second-order valence-corrected chi connectivity index (χ2v) is 9.34. The van der Waals surface area contributed by atoms with E-state index in [0.717, 1.165) is 66.8 Å². The van der Waals surface area contributed by atoms with E-state index in [-0.39, 0.29) is 11.6 Å². The monoisotopic (exact) mass is 425 g/mol. The molecule has 30 heavy (non-hydrogen) atoms. The minimum absolute atomic E-state index is 0.124. The summed E-state index contributed by atoms with van der Waals surface area (Å²) in [6, 6.07) is 5.95. The van der Waals surface area contributed by atoms with Crippen molar-refractivity contribution in [2.24, 2.45) is 0 Å². The van der Waals surface area contributed by atoms with Gasteiger partial charge in [0.2, 0.25) is 0 Å². The molecule has 2 aliphatic rings. The second kappa shape index (κ2) is 7.71. The average molecular weight is 426 g/mol. The third kappa shape index (κ3) is 3.11. The van der Waals surface area contributed by atoms with Gasteiger partial charge in [0.1, 0.15) is 10.7 Å². The number of thiophene rings is 1. The van der Waals surface area contributed by atoms with Crippen LogP contribution in [0.4, 0.5) is 0 Å². The molecule has 0 spiro atoms. The van der Waals surface area contributed by atoms with Gasteiger partial charge in [-0.25, -0.2) is 4.98 Å². The van der Waals surface area contributed by atoms with Crippen molar-refractivity contribution in [1.82, 2.24) is 14.5 Å². The SMILES string of the molecule is COc1ccc(-c2nc3sc4c(c3c(=O)n2C2CCN(C)CC2)CCC4)cc1OC. The maximum absolute atomic E-state index is 13.9. The van der Waals surface area contributed by atoms with Gasteiger partial charge in [-0.15, -0.1) is 11.3 Å². The highest BCUT2D eigenvalue weighted by Gasteiger charge is 2.28. The minimum atomic E-state index is 0.124. The van der Waals surface area contributed by atoms with Crippen molar-refractivity contribution in [2.75, 3.05) is 34.4 Å². The van der Waals surface area contributed by atoms with Gasteiger partial charge in [0.15, 0.2) is 11.5 Å². The van der Waals surface area contributed by atoms with Gasteiger partial charge < -0.3 is 14.4 Å². The van der Waals surface area contributed by atoms with Gasteiger partial charge in [0.25, 0.3) is 5.56 Å². The molecule has 7 heteroatoms. The standard InChI is InChI=1S/C23H27N3O3S/c1-25-11-9-15(10-12-25)26-21(14-7-8-17(28-2)18(13-14)29-3)24-22-20(23(26)27)16-5-4-6-19(16)30-22/h7-8,13,15H,4-6,9-12H2,1-3H3. The number of ether oxygens (including phenoxy) is 2. The zero-order valence-corrected chi connectivity index (χ0v) is 18.6. The number of aromatic nitrogens is 2. The lowest BCUT2D eigenvalue weighted by atomic mass is 10.0. The molecule has 6 nitrogen and oxygen atoms in total. The molecule has 0 saturated carbocycles. The van der Waals surface area contributed by atoms with Crippen molar-refractivity contribution in [3.8, 4) is 22.9 Å². The van der Waals surface area contributed by atoms with Gasteiger partial charge in [0.05, 0.1) is 19.6 Å². The van der Waals surface area contributed by atoms with Crippen LogP contribution in [-0.4, -0.2) is 48.8 Å². The smallest absolute Gasteiger partial charge is 0.263 e. The van der Waals surface area contributed by atoms with Crippen LogP contribution in [0.5, 0.6) is 11.5 Å². The molecule has 0 atom stereocenters. The predicted molar refractivity (Wildman–Crippen MR) is 120 cm³/mol. The summed E-state index contributed by atoms with van der Waals surface area (Å²) in [5.41, 5.74) is 2.26. The van der Waals surface area contributed by atoms with Gasteiger partial charge in [-0.2, -0.15) is 0 Å². The van der Waals surface area contributed by atoms with E-state index in [4.69, 9.17) is 14.5 Å². The first-order valence-corrected chi connectivity index (χ1v) is 11.4. The quantitative estimate of drug-likeness (QED) is 0.635. The fourth-order valence-electron chi connectivity index (χ4n) is 4.83. The molecule has 1 saturated heterocycles. The van der Waals surface area contributed by atoms with E-state index >= 15 is 0 Å². The van der Waals surface area contributed by atoms with Crippen molar-refractivity contribution < 1.29 is 9.47 Å². The number of aryl methyl sites for hydroxylation is 2. The fourth-order valence-corrected chi connectivity index (χ4v) is 6.08. The molecule has 1 fully saturated rings. The van der Waals surface area contributed by atoms with E-state index in [1.54, 1.807) is 25.6 Å². The fraction of sp³-hybridized carbons (Fsp3) is 0.478. The number of nitrogens with zero attached hydrogens (tertiary/aromatic N) is 3. The first kappa shape index (κ1) is 19.6. The van der Waals surface area contributed by atoms with E-state index in [2.05, 4.69) is 11.9 Å². The highest BCUT2D eigenvalue weighted by Crippen LogP contribution is 2.38. The Morgan fingerprint density at radius 3 is 2.60 bits per heavy atom. The summed E-state index contributed by atoms with van der Waals surface area (Å²) in [4.78, 5) is 23.5. The van der Waals surface area contributed by atoms with Gasteiger partial charge in [-0.1, -0.05) is 0 Å². The summed E-state index contributed by atoms with van der Waals surface area (Å²) in [7, 11) is 5.40. The molecule has 3 aromatic rings. The number of rotatable bonds is 4. The van der Waals surface area contributed by atoms with Crippen LogP contribution in [0.15, 0.2) is 23.0 Å². The number of piperidine rings is 1. The van der Waals surface area contributed by atoms with E-state index < -0.39 is 0 Å². The number of likely N-dealkylation sites (tertiary alicyclic amines) is 1. The molecule has 0 amide bonds. The molecule has 0 N–H and O–H groups in total. The Labute approximate surface area is 180 Å². The van der Waals surface area contributed by atoms with Crippen LogP contribution >= 0.6 is 11.3 Å². The van der Waals surface area contributed by atoms with Gasteiger partial charge in [-0.3, -0.25) is 9.36 Å². The Morgan fingerprint density at radius 1 is 1.10 bits per heavy atom. The number of benzene rings is 1. The Bertz CT molecular complexity index is 1160. The molecule has 2 aromatic heterocycles. The summed E-state index contributed by atoms with van der Waals surface area (Å²) < 4.78 is 12.9. The number of hydrogen-bond donors (Lipinski definition) is 0. The van der Waals surface area contributed by atoms with E-state index in [1.165, 1.54) is 10.4 Å². The molecule has 1 aliphatic carbocycles. The minimum Gasteiger partial charge on any atom is -0.493 e. The summed E-state index contributed by atoms with van der Waals surface area (Å²) >= 11 is 1.69. The Balaban J connectivity index is 1.74. The van der Waals surface area contributed by atoms with Crippen molar-refractivity contribution in [2.45, 2.75) is 38.1 Å². The summed E-state index contributed by atoms with van der Waals surface area (Å²) in [5, 5.41) is 0.857. The molecule has 1 aliphatic heterocycles. The highest BCUT2D eigenvalue weighted by atomic mass is 32.1. The number of fused-ring (bicyclic) bond motifs is 3. The second-order valence-electron chi connectivity index (χ2n) is 8.25. The maximum Gasteiger partial charge on any atom is 0.263 e. The van der Waals surface area contributed by atoms with Crippen molar-refractivity contribution in [1.29, 1.82) is 0 Å². The molecule has 158 valence electrons. The van der Waals surface area contributed by atoms with Gasteiger partial charge in [-0.05, 0) is 76.0 Å². The molecule has 0 unspecified atom stereocenters.